The van der Waals surface area contributed by atoms with Crippen LogP contribution in [0.1, 0.15) is 11.1 Å². The summed E-state index contributed by atoms with van der Waals surface area (Å²) in [5.74, 6) is -0.348. The van der Waals surface area contributed by atoms with Crippen LogP contribution < -0.4 is 25.1 Å². The number of carbonyl (C=O) groups excluding carboxylic acids is 3. The number of ether oxygens (including phenoxy) is 2. The Morgan fingerprint density at radius 2 is 1.59 bits per heavy atom. The average Bonchev–Trinajstić information content (AvgIpc) is 2.99. The van der Waals surface area contributed by atoms with Crippen LogP contribution in [0.5, 0.6) is 11.5 Å². The van der Waals surface area contributed by atoms with E-state index in [4.69, 9.17) is 9.47 Å². The van der Waals surface area contributed by atoms with Crippen molar-refractivity contribution in [2.45, 2.75) is 6.54 Å². The first-order valence-corrected chi connectivity index (χ1v) is 12.6. The summed E-state index contributed by atoms with van der Waals surface area (Å²) in [7, 11) is 1.63. The minimum atomic E-state index is -0.793. The fraction of sp³-hybridized carbons (Fsp3) is 0.241. The minimum absolute atomic E-state index is 0.106. The summed E-state index contributed by atoms with van der Waals surface area (Å²) in [6.07, 6.45) is 1.43. The van der Waals surface area contributed by atoms with E-state index in [-0.39, 0.29) is 12.5 Å². The second-order valence-corrected chi connectivity index (χ2v) is 8.77. The molecule has 2 N–H and O–H groups in total. The standard InChI is InChI=1S/C29H31N5O5/c1-38-26-10-6-5-9-25(26)33-15-17-34(18-16-33)29(37)28(36)32-31-20-23-11-13-24(14-12-23)39-21-27(35)30-19-22-7-3-2-4-8-22/h2-14,20H,15-19,21H2,1H3,(H,30,35)(H,32,36)/b31-20-. The van der Waals surface area contributed by atoms with Crippen molar-refractivity contribution in [1.29, 1.82) is 0 Å². The van der Waals surface area contributed by atoms with Crippen molar-refractivity contribution in [3.8, 4) is 11.5 Å². The quantitative estimate of drug-likeness (QED) is 0.250. The molecule has 3 aromatic carbocycles. The normalized spacial score (nSPS) is 13.2. The molecule has 1 aliphatic rings. The molecule has 0 radical (unpaired) electrons. The van der Waals surface area contributed by atoms with Gasteiger partial charge in [0.25, 0.3) is 5.91 Å². The zero-order chi connectivity index (χ0) is 27.5. The van der Waals surface area contributed by atoms with Gasteiger partial charge in [0, 0.05) is 32.7 Å². The number of hydrogen-bond donors (Lipinski definition) is 2. The lowest BCUT2D eigenvalue weighted by atomic mass is 10.2. The molecule has 1 heterocycles. The SMILES string of the molecule is COc1ccccc1N1CCN(C(=O)C(=O)N/N=C\c2ccc(OCC(=O)NCc3ccccc3)cc2)CC1. The van der Waals surface area contributed by atoms with E-state index in [1.807, 2.05) is 54.6 Å². The van der Waals surface area contributed by atoms with Crippen molar-refractivity contribution >= 4 is 29.6 Å². The summed E-state index contributed by atoms with van der Waals surface area (Å²) in [5, 5.41) is 6.70. The number of nitrogens with one attached hydrogen (secondary N) is 2. The summed E-state index contributed by atoms with van der Waals surface area (Å²) in [5.41, 5.74) is 4.95. The number of amides is 3. The highest BCUT2D eigenvalue weighted by atomic mass is 16.5. The molecule has 3 aromatic rings. The van der Waals surface area contributed by atoms with Crippen LogP contribution in [0, 0.1) is 0 Å². The Hall–Kier alpha value is -4.86. The number of anilines is 1. The molecule has 0 unspecified atom stereocenters. The van der Waals surface area contributed by atoms with Gasteiger partial charge in [0.2, 0.25) is 0 Å². The minimum Gasteiger partial charge on any atom is -0.495 e. The lowest BCUT2D eigenvalue weighted by Crippen LogP contribution is -2.52. The van der Waals surface area contributed by atoms with Gasteiger partial charge in [-0.25, -0.2) is 5.43 Å². The number of rotatable bonds is 9. The Balaban J connectivity index is 1.17. The van der Waals surface area contributed by atoms with Gasteiger partial charge in [-0.1, -0.05) is 42.5 Å². The molecule has 1 fully saturated rings. The van der Waals surface area contributed by atoms with Gasteiger partial charge in [0.1, 0.15) is 11.5 Å². The van der Waals surface area contributed by atoms with E-state index in [2.05, 4.69) is 20.7 Å². The average molecular weight is 530 g/mol. The van der Waals surface area contributed by atoms with E-state index >= 15 is 0 Å². The molecular formula is C29H31N5O5. The highest BCUT2D eigenvalue weighted by molar-refractivity contribution is 6.35. The molecule has 0 aromatic heterocycles. The first-order chi connectivity index (χ1) is 19.0. The van der Waals surface area contributed by atoms with Crippen LogP contribution >= 0.6 is 0 Å². The van der Waals surface area contributed by atoms with Crippen molar-refractivity contribution in [3.05, 3.63) is 90.0 Å². The summed E-state index contributed by atoms with van der Waals surface area (Å²) in [6.45, 7) is 2.34. The van der Waals surface area contributed by atoms with Crippen LogP contribution in [-0.2, 0) is 20.9 Å². The van der Waals surface area contributed by atoms with Crippen molar-refractivity contribution in [2.24, 2.45) is 5.10 Å². The Labute approximate surface area is 227 Å². The Morgan fingerprint density at radius 1 is 0.897 bits per heavy atom. The van der Waals surface area contributed by atoms with Crippen LogP contribution in [0.15, 0.2) is 84.0 Å². The summed E-state index contributed by atoms with van der Waals surface area (Å²) >= 11 is 0. The molecule has 202 valence electrons. The zero-order valence-corrected chi connectivity index (χ0v) is 21.7. The van der Waals surface area contributed by atoms with Crippen molar-refractivity contribution in [2.75, 3.05) is 44.8 Å². The fourth-order valence-electron chi connectivity index (χ4n) is 4.04. The molecular weight excluding hydrogens is 498 g/mol. The lowest BCUT2D eigenvalue weighted by Gasteiger charge is -2.36. The Bertz CT molecular complexity index is 1290. The van der Waals surface area contributed by atoms with Gasteiger partial charge in [0.15, 0.2) is 6.61 Å². The molecule has 10 nitrogen and oxygen atoms in total. The first-order valence-electron chi connectivity index (χ1n) is 12.6. The van der Waals surface area contributed by atoms with Gasteiger partial charge in [-0.2, -0.15) is 5.10 Å². The van der Waals surface area contributed by atoms with Gasteiger partial charge < -0.3 is 24.6 Å². The first kappa shape index (κ1) is 27.2. The number of piperazine rings is 1. The van der Waals surface area contributed by atoms with Crippen molar-refractivity contribution < 1.29 is 23.9 Å². The molecule has 0 spiro atoms. The molecule has 0 saturated carbocycles. The topological polar surface area (TPSA) is 113 Å². The van der Waals surface area contributed by atoms with E-state index < -0.39 is 11.8 Å². The molecule has 10 heteroatoms. The molecule has 3 amide bonds. The van der Waals surface area contributed by atoms with Gasteiger partial charge in [-0.05, 0) is 47.5 Å². The van der Waals surface area contributed by atoms with Crippen molar-refractivity contribution in [3.63, 3.8) is 0 Å². The number of para-hydroxylation sites is 2. The van der Waals surface area contributed by atoms with Gasteiger partial charge in [-0.3, -0.25) is 14.4 Å². The van der Waals surface area contributed by atoms with Crippen molar-refractivity contribution in [1.82, 2.24) is 15.6 Å². The third-order valence-corrected chi connectivity index (χ3v) is 6.15. The second-order valence-electron chi connectivity index (χ2n) is 8.77. The number of carbonyl (C=O) groups is 3. The molecule has 4 rings (SSSR count). The molecule has 0 aliphatic carbocycles. The van der Waals surface area contributed by atoms with Crippen LogP contribution in [0.3, 0.4) is 0 Å². The van der Waals surface area contributed by atoms with E-state index in [0.717, 1.165) is 17.0 Å². The molecule has 1 saturated heterocycles. The molecule has 1 aliphatic heterocycles. The van der Waals surface area contributed by atoms with Gasteiger partial charge in [0.05, 0.1) is 19.0 Å². The smallest absolute Gasteiger partial charge is 0.329 e. The van der Waals surface area contributed by atoms with E-state index in [9.17, 15) is 14.4 Å². The van der Waals surface area contributed by atoms with Crippen LogP contribution in [0.25, 0.3) is 0 Å². The van der Waals surface area contributed by atoms with E-state index in [1.54, 1.807) is 31.4 Å². The van der Waals surface area contributed by atoms with Crippen LogP contribution in [-0.4, -0.2) is 68.7 Å². The summed E-state index contributed by atoms with van der Waals surface area (Å²) < 4.78 is 10.9. The van der Waals surface area contributed by atoms with Crippen LogP contribution in [0.4, 0.5) is 5.69 Å². The lowest BCUT2D eigenvalue weighted by molar-refractivity contribution is -0.146. The zero-order valence-electron chi connectivity index (χ0n) is 21.7. The molecule has 0 bridgehead atoms. The fourth-order valence-corrected chi connectivity index (χ4v) is 4.04. The number of hydrazone groups is 1. The maximum absolute atomic E-state index is 12.6. The highest BCUT2D eigenvalue weighted by Crippen LogP contribution is 2.28. The van der Waals surface area contributed by atoms with E-state index in [0.29, 0.717) is 44.0 Å². The monoisotopic (exact) mass is 529 g/mol. The Kier molecular flexibility index (Phi) is 9.49. The number of hydrogen-bond acceptors (Lipinski definition) is 7. The predicted octanol–water partition coefficient (Wildman–Crippen LogP) is 2.19. The number of nitrogens with zero attached hydrogens (tertiary/aromatic N) is 3. The maximum atomic E-state index is 12.6. The number of benzene rings is 3. The molecule has 39 heavy (non-hydrogen) atoms. The second kappa shape index (κ2) is 13.6. The predicted molar refractivity (Wildman–Crippen MR) is 148 cm³/mol. The maximum Gasteiger partial charge on any atom is 0.329 e. The largest absolute Gasteiger partial charge is 0.495 e. The third kappa shape index (κ3) is 7.81. The number of methoxy groups -OCH3 is 1. The molecule has 0 atom stereocenters. The third-order valence-electron chi connectivity index (χ3n) is 6.15. The van der Waals surface area contributed by atoms with Gasteiger partial charge in [-0.15, -0.1) is 0 Å². The highest BCUT2D eigenvalue weighted by Gasteiger charge is 2.26. The van der Waals surface area contributed by atoms with Crippen LogP contribution in [0.2, 0.25) is 0 Å². The van der Waals surface area contributed by atoms with E-state index in [1.165, 1.54) is 11.1 Å². The Morgan fingerprint density at radius 3 is 2.31 bits per heavy atom. The summed E-state index contributed by atoms with van der Waals surface area (Å²) in [6, 6.07) is 24.2. The summed E-state index contributed by atoms with van der Waals surface area (Å²) in [4.78, 5) is 40.5. The van der Waals surface area contributed by atoms with Gasteiger partial charge >= 0.3 is 11.8 Å².